The second-order valence-corrected chi connectivity index (χ2v) is 10.2. The molecule has 0 radical (unpaired) electrons. The Kier molecular flexibility index (Phi) is 6.55. The zero-order valence-corrected chi connectivity index (χ0v) is 17.3. The molecule has 2 rings (SSSR count). The van der Waals surface area contributed by atoms with Crippen LogP contribution in [-0.4, -0.2) is 81.2 Å². The number of esters is 1. The van der Waals surface area contributed by atoms with E-state index in [0.29, 0.717) is 26.2 Å². The van der Waals surface area contributed by atoms with E-state index in [4.69, 9.17) is 4.74 Å². The number of carbonyl (C=O) groups is 1. The summed E-state index contributed by atoms with van der Waals surface area (Å²) in [6, 6.07) is 0. The van der Waals surface area contributed by atoms with Crippen LogP contribution in [0, 0.1) is 11.8 Å². The summed E-state index contributed by atoms with van der Waals surface area (Å²) in [6.07, 6.45) is 2.85. The van der Waals surface area contributed by atoms with Crippen molar-refractivity contribution in [1.29, 1.82) is 0 Å². The fourth-order valence-electron chi connectivity index (χ4n) is 3.36. The lowest BCUT2D eigenvalue weighted by Gasteiger charge is -2.24. The Morgan fingerprint density at radius 1 is 1.23 bits per heavy atom. The number of likely N-dealkylation sites (tertiary alicyclic amines) is 1. The Hall–Kier alpha value is -1.35. The number of nitrogens with zero attached hydrogens (tertiary/aromatic N) is 3. The molecule has 0 aromatic heterocycles. The fourth-order valence-corrected chi connectivity index (χ4v) is 4.28. The molecule has 2 saturated heterocycles. The average molecular weight is 389 g/mol. The molecule has 2 heterocycles. The number of ether oxygens (including phenoxy) is 1. The van der Waals surface area contributed by atoms with E-state index in [0.717, 1.165) is 25.3 Å². The van der Waals surface area contributed by atoms with Gasteiger partial charge in [-0.2, -0.15) is 0 Å². The molecule has 0 amide bonds. The predicted molar refractivity (Wildman–Crippen MR) is 101 cm³/mol. The van der Waals surface area contributed by atoms with Gasteiger partial charge in [-0.25, -0.2) is 12.7 Å². The van der Waals surface area contributed by atoms with Crippen LogP contribution in [0.5, 0.6) is 0 Å². The van der Waals surface area contributed by atoms with Gasteiger partial charge in [0.2, 0.25) is 10.0 Å². The van der Waals surface area contributed by atoms with Gasteiger partial charge in [-0.05, 0) is 39.5 Å². The minimum absolute atomic E-state index is 0.139. The van der Waals surface area contributed by atoms with Crippen LogP contribution in [-0.2, 0) is 19.6 Å². The maximum Gasteiger partial charge on any atom is 0.311 e. The van der Waals surface area contributed by atoms with E-state index in [1.54, 1.807) is 7.05 Å². The molecule has 2 atom stereocenters. The average Bonchev–Trinajstić information content (AvgIpc) is 3.14. The van der Waals surface area contributed by atoms with E-state index in [9.17, 15) is 13.2 Å². The lowest BCUT2D eigenvalue weighted by Crippen LogP contribution is -2.43. The maximum absolute atomic E-state index is 12.2. The topological polar surface area (TPSA) is 91.3 Å². The Labute approximate surface area is 157 Å². The van der Waals surface area contributed by atoms with Crippen molar-refractivity contribution in [2.45, 2.75) is 39.2 Å². The number of aliphatic imine (C=N–C) groups is 1. The standard InChI is InChI=1S/C17H32N4O4S/c1-17(2,3)25-15(22)14-7-8-20(12-14)16(18-4)19-10-13-6-9-21(11-13)26(5,23)24/h13-14H,6-12H2,1-5H3,(H,18,19). The highest BCUT2D eigenvalue weighted by Gasteiger charge is 2.34. The van der Waals surface area contributed by atoms with Crippen molar-refractivity contribution >= 4 is 22.0 Å². The summed E-state index contributed by atoms with van der Waals surface area (Å²) in [5, 5.41) is 3.34. The van der Waals surface area contributed by atoms with Crippen molar-refractivity contribution in [1.82, 2.24) is 14.5 Å². The minimum Gasteiger partial charge on any atom is -0.460 e. The van der Waals surface area contributed by atoms with Gasteiger partial charge in [0.1, 0.15) is 5.60 Å². The van der Waals surface area contributed by atoms with Gasteiger partial charge in [0.05, 0.1) is 12.2 Å². The summed E-state index contributed by atoms with van der Waals surface area (Å²) >= 11 is 0. The van der Waals surface area contributed by atoms with Crippen LogP contribution < -0.4 is 5.32 Å². The first kappa shape index (κ1) is 21.0. The van der Waals surface area contributed by atoms with Crippen molar-refractivity contribution in [2.24, 2.45) is 16.8 Å². The molecule has 150 valence electrons. The number of hydrogen-bond acceptors (Lipinski definition) is 5. The van der Waals surface area contributed by atoms with Gasteiger partial charge < -0.3 is 15.0 Å². The van der Waals surface area contributed by atoms with Crippen molar-refractivity contribution in [2.75, 3.05) is 46.0 Å². The highest BCUT2D eigenvalue weighted by Crippen LogP contribution is 2.21. The zero-order chi connectivity index (χ0) is 19.5. The highest BCUT2D eigenvalue weighted by atomic mass is 32.2. The SMILES string of the molecule is CN=C(NCC1CCN(S(C)(=O)=O)C1)N1CCC(C(=O)OC(C)(C)C)C1. The largest absolute Gasteiger partial charge is 0.460 e. The summed E-state index contributed by atoms with van der Waals surface area (Å²) in [5.74, 6) is 0.731. The lowest BCUT2D eigenvalue weighted by molar-refractivity contribution is -0.159. The molecule has 26 heavy (non-hydrogen) atoms. The van der Waals surface area contributed by atoms with Crippen LogP contribution in [0.15, 0.2) is 4.99 Å². The normalized spacial score (nSPS) is 25.6. The second kappa shape index (κ2) is 8.12. The molecule has 2 aliphatic rings. The summed E-state index contributed by atoms with van der Waals surface area (Å²) in [5.41, 5.74) is -0.474. The second-order valence-electron chi connectivity index (χ2n) is 8.17. The molecular weight excluding hydrogens is 356 g/mol. The van der Waals surface area contributed by atoms with Gasteiger partial charge in [-0.15, -0.1) is 0 Å². The molecule has 0 aromatic rings. The third kappa shape index (κ3) is 5.84. The smallest absolute Gasteiger partial charge is 0.311 e. The third-order valence-corrected chi connectivity index (χ3v) is 5.98. The molecular formula is C17H32N4O4S. The number of rotatable bonds is 4. The highest BCUT2D eigenvalue weighted by molar-refractivity contribution is 7.88. The van der Waals surface area contributed by atoms with E-state index in [-0.39, 0.29) is 17.8 Å². The molecule has 0 aromatic carbocycles. The molecule has 0 spiro atoms. The molecule has 2 fully saturated rings. The summed E-state index contributed by atoms with van der Waals surface area (Å²) in [4.78, 5) is 18.6. The quantitative estimate of drug-likeness (QED) is 0.429. The molecule has 2 aliphatic heterocycles. The number of hydrogen-bond donors (Lipinski definition) is 1. The summed E-state index contributed by atoms with van der Waals surface area (Å²) in [6.45, 7) is 8.76. The van der Waals surface area contributed by atoms with Gasteiger partial charge in [-0.3, -0.25) is 9.79 Å². The van der Waals surface area contributed by atoms with Crippen LogP contribution in [0.3, 0.4) is 0 Å². The first-order valence-corrected chi connectivity index (χ1v) is 11.0. The van der Waals surface area contributed by atoms with Gasteiger partial charge in [0.25, 0.3) is 0 Å². The van der Waals surface area contributed by atoms with Crippen molar-refractivity contribution in [3.8, 4) is 0 Å². The van der Waals surface area contributed by atoms with Gasteiger partial charge >= 0.3 is 5.97 Å². The van der Waals surface area contributed by atoms with E-state index in [1.165, 1.54) is 10.6 Å². The molecule has 0 saturated carbocycles. The predicted octanol–water partition coefficient (Wildman–Crippen LogP) is 0.507. The van der Waals surface area contributed by atoms with Crippen LogP contribution in [0.25, 0.3) is 0 Å². The van der Waals surface area contributed by atoms with Crippen LogP contribution in [0.4, 0.5) is 0 Å². The van der Waals surface area contributed by atoms with Crippen molar-refractivity contribution in [3.63, 3.8) is 0 Å². The van der Waals surface area contributed by atoms with Crippen LogP contribution in [0.1, 0.15) is 33.6 Å². The number of carbonyl (C=O) groups excluding carboxylic acids is 1. The molecule has 0 bridgehead atoms. The molecule has 1 N–H and O–H groups in total. The van der Waals surface area contributed by atoms with Crippen LogP contribution >= 0.6 is 0 Å². The lowest BCUT2D eigenvalue weighted by atomic mass is 10.1. The van der Waals surface area contributed by atoms with Gasteiger partial charge in [0, 0.05) is 39.8 Å². The molecule has 9 heteroatoms. The first-order chi connectivity index (χ1) is 12.0. The number of nitrogens with one attached hydrogen (secondary N) is 1. The van der Waals surface area contributed by atoms with Crippen molar-refractivity contribution < 1.29 is 17.9 Å². The Bertz CT molecular complexity index is 642. The molecule has 0 aliphatic carbocycles. The minimum atomic E-state index is -3.11. The van der Waals surface area contributed by atoms with Gasteiger partial charge in [0.15, 0.2) is 5.96 Å². The number of guanidine groups is 1. The van der Waals surface area contributed by atoms with Crippen molar-refractivity contribution in [3.05, 3.63) is 0 Å². The van der Waals surface area contributed by atoms with Crippen LogP contribution in [0.2, 0.25) is 0 Å². The third-order valence-electron chi connectivity index (χ3n) is 4.71. The zero-order valence-electron chi connectivity index (χ0n) is 16.5. The monoisotopic (exact) mass is 388 g/mol. The van der Waals surface area contributed by atoms with E-state index >= 15 is 0 Å². The number of sulfonamides is 1. The van der Waals surface area contributed by atoms with E-state index in [1.807, 2.05) is 20.8 Å². The first-order valence-electron chi connectivity index (χ1n) is 9.13. The summed E-state index contributed by atoms with van der Waals surface area (Å²) in [7, 11) is -1.39. The summed E-state index contributed by atoms with van der Waals surface area (Å²) < 4.78 is 30.2. The molecule has 2 unspecified atom stereocenters. The maximum atomic E-state index is 12.2. The Morgan fingerprint density at radius 2 is 1.92 bits per heavy atom. The fraction of sp³-hybridized carbons (Fsp3) is 0.882. The van der Waals surface area contributed by atoms with Gasteiger partial charge in [-0.1, -0.05) is 0 Å². The Morgan fingerprint density at radius 3 is 2.46 bits per heavy atom. The van der Waals surface area contributed by atoms with E-state index in [2.05, 4.69) is 15.2 Å². The Balaban J connectivity index is 1.82. The molecule has 8 nitrogen and oxygen atoms in total. The van der Waals surface area contributed by atoms with E-state index < -0.39 is 15.6 Å².